The fourth-order valence-corrected chi connectivity index (χ4v) is 7.22. The van der Waals surface area contributed by atoms with Crippen LogP contribution in [0.3, 0.4) is 0 Å². The molecule has 1 fully saturated rings. The van der Waals surface area contributed by atoms with Crippen LogP contribution in [0.5, 0.6) is 5.75 Å². The van der Waals surface area contributed by atoms with E-state index in [2.05, 4.69) is 11.6 Å². The normalized spacial score (nSPS) is 18.3. The quantitative estimate of drug-likeness (QED) is 0.183. The summed E-state index contributed by atoms with van der Waals surface area (Å²) in [5, 5.41) is 8.93. The smallest absolute Gasteiger partial charge is 0.345 e. The van der Waals surface area contributed by atoms with Crippen molar-refractivity contribution in [2.24, 2.45) is 0 Å². The summed E-state index contributed by atoms with van der Waals surface area (Å²) in [6, 6.07) is 15.2. The van der Waals surface area contributed by atoms with Crippen molar-refractivity contribution in [2.45, 2.75) is 28.8 Å². The summed E-state index contributed by atoms with van der Waals surface area (Å²) < 4.78 is 12.5. The van der Waals surface area contributed by atoms with Crippen molar-refractivity contribution in [1.29, 1.82) is 0 Å². The minimum atomic E-state index is -1.23. The molecule has 1 aliphatic rings. The fourth-order valence-electron chi connectivity index (χ4n) is 3.32. The third-order valence-corrected chi connectivity index (χ3v) is 8.86. The molecule has 0 bridgehead atoms. The molecule has 3 atom stereocenters. The standard InChI is InChI=1S/C23H20N2O6S3/c1-13(2)18(22(28)29)25-20(27)19(31-17(26)12-30-14-8-4-3-5-9-14)21(25)33-34-23-24-15-10-6-7-11-16(15)32-23/h3-11,18-19,21H,1,12H2,2H3,(H,28,29)/t18?,19-,21+/m0/s1. The molecule has 2 aromatic carbocycles. The average molecular weight is 517 g/mol. The van der Waals surface area contributed by atoms with Gasteiger partial charge < -0.3 is 19.5 Å². The van der Waals surface area contributed by atoms with Crippen molar-refractivity contribution < 1.29 is 29.0 Å². The van der Waals surface area contributed by atoms with Gasteiger partial charge in [0.1, 0.15) is 11.1 Å². The molecule has 0 radical (unpaired) electrons. The van der Waals surface area contributed by atoms with Gasteiger partial charge in [-0.25, -0.2) is 14.6 Å². The number of β-lactam (4-membered cyclic amide) rings is 1. The molecular formula is C23H20N2O6S3. The van der Waals surface area contributed by atoms with E-state index in [1.807, 2.05) is 30.3 Å². The Labute approximate surface area is 207 Å². The number of esters is 1. The second kappa shape index (κ2) is 10.5. The Hall–Kier alpha value is -3.02. The van der Waals surface area contributed by atoms with E-state index in [1.54, 1.807) is 31.2 Å². The van der Waals surface area contributed by atoms with Gasteiger partial charge in [0.25, 0.3) is 5.91 Å². The summed E-state index contributed by atoms with van der Waals surface area (Å²) in [5.41, 5.74) is 1.15. The number of nitrogens with zero attached hydrogens (tertiary/aromatic N) is 2. The Morgan fingerprint density at radius 1 is 1.21 bits per heavy atom. The van der Waals surface area contributed by atoms with E-state index in [9.17, 15) is 19.5 Å². The van der Waals surface area contributed by atoms with Gasteiger partial charge in [-0.2, -0.15) is 0 Å². The first-order chi connectivity index (χ1) is 16.3. The van der Waals surface area contributed by atoms with Crippen molar-refractivity contribution in [3.63, 3.8) is 0 Å². The molecule has 1 aliphatic heterocycles. The number of carbonyl (C=O) groups is 3. The molecule has 1 saturated heterocycles. The van der Waals surface area contributed by atoms with Crippen molar-refractivity contribution in [3.05, 3.63) is 66.7 Å². The molecule has 0 aliphatic carbocycles. The largest absolute Gasteiger partial charge is 0.482 e. The number of para-hydroxylation sites is 2. The highest BCUT2D eigenvalue weighted by Gasteiger charge is 2.55. The number of hydrogen-bond donors (Lipinski definition) is 1. The lowest BCUT2D eigenvalue weighted by Crippen LogP contribution is -2.69. The minimum Gasteiger partial charge on any atom is -0.482 e. The molecule has 8 nitrogen and oxygen atoms in total. The zero-order valence-corrected chi connectivity index (χ0v) is 20.4. The third-order valence-electron chi connectivity index (χ3n) is 4.86. The number of carbonyl (C=O) groups excluding carboxylic acids is 2. The zero-order chi connectivity index (χ0) is 24.2. The van der Waals surface area contributed by atoms with Gasteiger partial charge >= 0.3 is 11.9 Å². The van der Waals surface area contributed by atoms with Crippen molar-refractivity contribution in [1.82, 2.24) is 9.88 Å². The van der Waals surface area contributed by atoms with Crippen molar-refractivity contribution in [3.8, 4) is 5.75 Å². The lowest BCUT2D eigenvalue weighted by molar-refractivity contribution is -0.182. The molecule has 1 unspecified atom stereocenters. The van der Waals surface area contributed by atoms with E-state index >= 15 is 0 Å². The Morgan fingerprint density at radius 2 is 1.91 bits per heavy atom. The van der Waals surface area contributed by atoms with Crippen LogP contribution in [0.1, 0.15) is 6.92 Å². The van der Waals surface area contributed by atoms with Gasteiger partial charge in [0.05, 0.1) is 10.2 Å². The summed E-state index contributed by atoms with van der Waals surface area (Å²) in [4.78, 5) is 42.8. The second-order valence-electron chi connectivity index (χ2n) is 7.36. The monoisotopic (exact) mass is 516 g/mol. The van der Waals surface area contributed by atoms with Gasteiger partial charge in [-0.05, 0) is 47.6 Å². The molecule has 0 spiro atoms. The lowest BCUT2D eigenvalue weighted by Gasteiger charge is -2.47. The maximum absolute atomic E-state index is 12.9. The molecule has 1 amide bonds. The maximum atomic E-state index is 12.9. The van der Waals surface area contributed by atoms with Gasteiger partial charge in [-0.15, -0.1) is 11.3 Å². The summed E-state index contributed by atoms with van der Waals surface area (Å²) in [6.07, 6.45) is -1.14. The lowest BCUT2D eigenvalue weighted by atomic mass is 10.0. The maximum Gasteiger partial charge on any atom is 0.345 e. The molecule has 4 rings (SSSR count). The second-order valence-corrected chi connectivity index (χ2v) is 11.0. The average Bonchev–Trinajstić information content (AvgIpc) is 3.24. The first-order valence-electron chi connectivity index (χ1n) is 10.1. The third kappa shape index (κ3) is 5.21. The van der Waals surface area contributed by atoms with Crippen LogP contribution in [0, 0.1) is 0 Å². The van der Waals surface area contributed by atoms with E-state index in [4.69, 9.17) is 9.47 Å². The molecule has 1 aromatic heterocycles. The van der Waals surface area contributed by atoms with Crippen molar-refractivity contribution in [2.75, 3.05) is 6.61 Å². The Bertz CT molecular complexity index is 1180. The number of benzene rings is 2. The highest BCUT2D eigenvalue weighted by molar-refractivity contribution is 8.77. The molecule has 0 saturated carbocycles. The number of fused-ring (bicyclic) bond motifs is 1. The predicted octanol–water partition coefficient (Wildman–Crippen LogP) is 4.23. The SMILES string of the molecule is C=C(C)C(C(=O)O)N1C(=O)[C@H](OC(=O)COc2ccccc2)[C@H]1SSc1nc2ccccc2s1. The van der Waals surface area contributed by atoms with E-state index < -0.39 is 35.4 Å². The van der Waals surface area contributed by atoms with Crippen LogP contribution in [0.15, 0.2) is 71.1 Å². The zero-order valence-electron chi connectivity index (χ0n) is 18.0. The van der Waals surface area contributed by atoms with Crippen LogP contribution in [0.25, 0.3) is 10.2 Å². The van der Waals surface area contributed by atoms with Gasteiger partial charge in [0, 0.05) is 0 Å². The predicted molar refractivity (Wildman–Crippen MR) is 132 cm³/mol. The number of amides is 1. The highest BCUT2D eigenvalue weighted by Crippen LogP contribution is 2.46. The van der Waals surface area contributed by atoms with E-state index in [-0.39, 0.29) is 6.61 Å². The molecular weight excluding hydrogens is 496 g/mol. The molecule has 11 heteroatoms. The van der Waals surface area contributed by atoms with E-state index in [0.717, 1.165) is 14.6 Å². The van der Waals surface area contributed by atoms with Crippen LogP contribution >= 0.6 is 32.9 Å². The van der Waals surface area contributed by atoms with Gasteiger partial charge in [-0.1, -0.05) is 47.7 Å². The number of hydrogen-bond acceptors (Lipinski definition) is 9. The molecule has 3 aromatic rings. The van der Waals surface area contributed by atoms with Crippen LogP contribution in [0.4, 0.5) is 0 Å². The number of carboxylic acids is 1. The molecule has 2 heterocycles. The molecule has 176 valence electrons. The fraction of sp³-hybridized carbons (Fsp3) is 0.217. The van der Waals surface area contributed by atoms with Crippen LogP contribution in [-0.4, -0.2) is 57.0 Å². The first-order valence-corrected chi connectivity index (χ1v) is 13.1. The van der Waals surface area contributed by atoms with Gasteiger partial charge in [0.2, 0.25) is 6.10 Å². The van der Waals surface area contributed by atoms with Gasteiger partial charge in [-0.3, -0.25) is 4.79 Å². The Kier molecular flexibility index (Phi) is 7.44. The minimum absolute atomic E-state index is 0.300. The van der Waals surface area contributed by atoms with Crippen LogP contribution < -0.4 is 4.74 Å². The number of aliphatic carboxylic acids is 1. The number of ether oxygens (including phenoxy) is 2. The Morgan fingerprint density at radius 3 is 2.59 bits per heavy atom. The molecule has 34 heavy (non-hydrogen) atoms. The topological polar surface area (TPSA) is 106 Å². The summed E-state index contributed by atoms with van der Waals surface area (Å²) in [6.45, 7) is 4.88. The van der Waals surface area contributed by atoms with Crippen molar-refractivity contribution >= 4 is 61.0 Å². The van der Waals surface area contributed by atoms with E-state index in [1.165, 1.54) is 37.8 Å². The first kappa shape index (κ1) is 24.1. The number of rotatable bonds is 10. The van der Waals surface area contributed by atoms with Crippen LogP contribution in [0.2, 0.25) is 0 Å². The summed E-state index contributed by atoms with van der Waals surface area (Å²) in [7, 11) is 2.52. The highest BCUT2D eigenvalue weighted by atomic mass is 33.1. The summed E-state index contributed by atoms with van der Waals surface area (Å²) >= 11 is 1.48. The van der Waals surface area contributed by atoms with Crippen LogP contribution in [-0.2, 0) is 19.1 Å². The molecule has 1 N–H and O–H groups in total. The summed E-state index contributed by atoms with van der Waals surface area (Å²) in [5.74, 6) is -2.02. The number of aromatic nitrogens is 1. The number of carboxylic acid groups (broad SMARTS) is 1. The van der Waals surface area contributed by atoms with E-state index in [0.29, 0.717) is 11.3 Å². The number of likely N-dealkylation sites (tertiary alicyclic amines) is 1. The Balaban J connectivity index is 1.47. The van der Waals surface area contributed by atoms with Gasteiger partial charge in [0.15, 0.2) is 17.0 Å². The number of thiazole rings is 1.